The van der Waals surface area contributed by atoms with Crippen molar-refractivity contribution in [2.24, 2.45) is 11.8 Å². The highest BCUT2D eigenvalue weighted by Crippen LogP contribution is 2.24. The molecule has 1 aromatic heterocycles. The summed E-state index contributed by atoms with van der Waals surface area (Å²) in [5.74, 6) is -0.779. The Labute approximate surface area is 178 Å². The van der Waals surface area contributed by atoms with Crippen LogP contribution in [0.25, 0.3) is 0 Å². The zero-order chi connectivity index (χ0) is 22.1. The molecule has 164 valence electrons. The molecular weight excluding hydrogens is 385 g/mol. The number of nitrogens with one attached hydrogen (secondary N) is 2. The molecule has 0 aromatic carbocycles. The highest BCUT2D eigenvalue weighted by atomic mass is 16.4. The summed E-state index contributed by atoms with van der Waals surface area (Å²) in [5, 5.41) is 24.0. The van der Waals surface area contributed by atoms with Gasteiger partial charge in [-0.2, -0.15) is 0 Å². The lowest BCUT2D eigenvalue weighted by Crippen LogP contribution is -2.55. The molecule has 1 aromatic rings. The summed E-state index contributed by atoms with van der Waals surface area (Å²) in [5.41, 5.74) is -0.234. The van der Waals surface area contributed by atoms with E-state index in [2.05, 4.69) is 15.6 Å². The molecular formula is C21H32BN3O5. The number of aromatic nitrogens is 1. The number of pyridine rings is 1. The van der Waals surface area contributed by atoms with Crippen molar-refractivity contribution in [3.8, 4) is 0 Å². The van der Waals surface area contributed by atoms with Gasteiger partial charge in [-0.05, 0) is 37.3 Å². The third kappa shape index (κ3) is 7.53. The molecule has 1 fully saturated rings. The Kier molecular flexibility index (Phi) is 9.45. The fourth-order valence-electron chi connectivity index (χ4n) is 3.76. The maximum atomic E-state index is 13.0. The quantitative estimate of drug-likeness (QED) is 0.417. The minimum Gasteiger partial charge on any atom is -0.421 e. The molecule has 0 bridgehead atoms. The van der Waals surface area contributed by atoms with Crippen molar-refractivity contribution in [2.45, 2.75) is 70.9 Å². The zero-order valence-corrected chi connectivity index (χ0v) is 17.7. The number of carbonyl (C=O) groups excluding carboxylic acids is 3. The van der Waals surface area contributed by atoms with Gasteiger partial charge in [0.05, 0.1) is 6.04 Å². The molecule has 0 aliphatic heterocycles. The second kappa shape index (κ2) is 11.8. The molecule has 2 rings (SSSR count). The van der Waals surface area contributed by atoms with E-state index in [9.17, 15) is 24.4 Å². The van der Waals surface area contributed by atoms with Crippen molar-refractivity contribution < 1.29 is 24.4 Å². The van der Waals surface area contributed by atoms with Gasteiger partial charge in [-0.3, -0.25) is 14.6 Å². The van der Waals surface area contributed by atoms with E-state index in [1.165, 1.54) is 0 Å². The van der Waals surface area contributed by atoms with Gasteiger partial charge in [-0.15, -0.1) is 0 Å². The van der Waals surface area contributed by atoms with Gasteiger partial charge in [0.2, 0.25) is 11.8 Å². The highest BCUT2D eigenvalue weighted by molar-refractivity contribution is 6.79. The smallest absolute Gasteiger partial charge is 0.421 e. The fraction of sp³-hybridized carbons (Fsp3) is 0.619. The molecule has 0 radical (unpaired) electrons. The van der Waals surface area contributed by atoms with Gasteiger partial charge in [0, 0.05) is 24.2 Å². The van der Waals surface area contributed by atoms with Crippen molar-refractivity contribution in [2.75, 3.05) is 0 Å². The average Bonchev–Trinajstić information content (AvgIpc) is 2.73. The molecule has 4 N–H and O–H groups in total. The van der Waals surface area contributed by atoms with E-state index in [1.807, 2.05) is 13.8 Å². The Balaban J connectivity index is 2.14. The predicted molar refractivity (Wildman–Crippen MR) is 113 cm³/mol. The van der Waals surface area contributed by atoms with Gasteiger partial charge >= 0.3 is 7.12 Å². The average molecular weight is 417 g/mol. The Bertz CT molecular complexity index is 708. The Morgan fingerprint density at radius 3 is 2.37 bits per heavy atom. The first-order valence-electron chi connectivity index (χ1n) is 10.7. The number of nitrogens with zero attached hydrogens (tertiary/aromatic N) is 1. The molecule has 1 saturated carbocycles. The van der Waals surface area contributed by atoms with E-state index < -0.39 is 30.8 Å². The van der Waals surface area contributed by atoms with Crippen LogP contribution in [-0.2, 0) is 20.8 Å². The lowest BCUT2D eigenvalue weighted by Gasteiger charge is -2.26. The highest BCUT2D eigenvalue weighted by Gasteiger charge is 2.34. The Hall–Kier alpha value is -2.26. The summed E-state index contributed by atoms with van der Waals surface area (Å²) in [4.78, 5) is 42.1. The van der Waals surface area contributed by atoms with Gasteiger partial charge in [0.15, 0.2) is 5.68 Å². The molecule has 0 saturated heterocycles. The van der Waals surface area contributed by atoms with Crippen LogP contribution in [0.2, 0.25) is 0 Å². The van der Waals surface area contributed by atoms with E-state index in [0.717, 1.165) is 32.1 Å². The second-order valence-corrected chi connectivity index (χ2v) is 8.39. The van der Waals surface area contributed by atoms with E-state index in [4.69, 9.17) is 0 Å². The standard InChI is InChI=1S/C21H32BN3O5/c1-14(2)12-17(19(26)22(29)30)24-21(28)18(13-16-10-6-7-11-23-16)25-20(27)15-8-4-3-5-9-15/h6-7,10-11,14-15,17-18,29-30H,3-5,8-9,12-13H2,1-2H3,(H,24,28)(H,25,27)/t17-,18-/m0/s1. The Morgan fingerprint density at radius 1 is 1.10 bits per heavy atom. The molecule has 9 heteroatoms. The molecule has 0 spiro atoms. The number of carbonyl (C=O) groups is 3. The SMILES string of the molecule is CC(C)C[C@H](NC(=O)[C@H](Cc1ccccn1)NC(=O)C1CCCCC1)C(=O)B(O)O. The van der Waals surface area contributed by atoms with Crippen molar-refractivity contribution in [1.29, 1.82) is 0 Å². The van der Waals surface area contributed by atoms with Crippen LogP contribution >= 0.6 is 0 Å². The molecule has 2 amide bonds. The second-order valence-electron chi connectivity index (χ2n) is 8.39. The fourth-order valence-corrected chi connectivity index (χ4v) is 3.76. The third-order valence-corrected chi connectivity index (χ3v) is 5.37. The minimum atomic E-state index is -2.17. The van der Waals surface area contributed by atoms with Crippen LogP contribution < -0.4 is 10.6 Å². The zero-order valence-electron chi connectivity index (χ0n) is 17.7. The monoisotopic (exact) mass is 417 g/mol. The molecule has 30 heavy (non-hydrogen) atoms. The number of amides is 2. The maximum absolute atomic E-state index is 13.0. The number of hydrogen-bond donors (Lipinski definition) is 4. The number of hydrogen-bond acceptors (Lipinski definition) is 6. The first-order valence-corrected chi connectivity index (χ1v) is 10.7. The normalized spacial score (nSPS) is 16.6. The van der Waals surface area contributed by atoms with Crippen molar-refractivity contribution in [3.05, 3.63) is 30.1 Å². The van der Waals surface area contributed by atoms with Crippen LogP contribution in [0.5, 0.6) is 0 Å². The molecule has 1 aliphatic rings. The number of rotatable bonds is 10. The van der Waals surface area contributed by atoms with Gasteiger partial charge in [0.1, 0.15) is 6.04 Å². The topological polar surface area (TPSA) is 129 Å². The Morgan fingerprint density at radius 2 is 1.80 bits per heavy atom. The summed E-state index contributed by atoms with van der Waals surface area (Å²) in [7, 11) is -2.17. The van der Waals surface area contributed by atoms with E-state index in [0.29, 0.717) is 5.69 Å². The van der Waals surface area contributed by atoms with Gasteiger partial charge in [0.25, 0.3) is 0 Å². The summed E-state index contributed by atoms with van der Waals surface area (Å²) >= 11 is 0. The molecule has 8 nitrogen and oxygen atoms in total. The first-order chi connectivity index (χ1) is 14.3. The van der Waals surface area contributed by atoms with Crippen molar-refractivity contribution in [1.82, 2.24) is 15.6 Å². The van der Waals surface area contributed by atoms with Crippen LogP contribution in [0.4, 0.5) is 0 Å². The third-order valence-electron chi connectivity index (χ3n) is 5.37. The summed E-state index contributed by atoms with van der Waals surface area (Å²) in [6, 6.07) is 3.37. The molecule has 1 aliphatic carbocycles. The van der Waals surface area contributed by atoms with E-state index in [-0.39, 0.29) is 30.6 Å². The lowest BCUT2D eigenvalue weighted by atomic mass is 9.77. The summed E-state index contributed by atoms with van der Waals surface area (Å²) in [6.07, 6.45) is 6.75. The van der Waals surface area contributed by atoms with Crippen molar-refractivity contribution >= 4 is 24.6 Å². The summed E-state index contributed by atoms with van der Waals surface area (Å²) < 4.78 is 0. The molecule has 0 unspecified atom stereocenters. The largest absolute Gasteiger partial charge is 0.529 e. The van der Waals surface area contributed by atoms with Crippen LogP contribution in [0, 0.1) is 11.8 Å². The maximum Gasteiger partial charge on any atom is 0.529 e. The van der Waals surface area contributed by atoms with E-state index in [1.54, 1.807) is 24.4 Å². The first kappa shape index (κ1) is 24.0. The van der Waals surface area contributed by atoms with Crippen LogP contribution in [-0.4, -0.2) is 51.7 Å². The molecule has 2 atom stereocenters. The van der Waals surface area contributed by atoms with Crippen molar-refractivity contribution in [3.63, 3.8) is 0 Å². The van der Waals surface area contributed by atoms with Crippen LogP contribution in [0.3, 0.4) is 0 Å². The van der Waals surface area contributed by atoms with Gasteiger partial charge in [-0.25, -0.2) is 0 Å². The van der Waals surface area contributed by atoms with Gasteiger partial charge < -0.3 is 25.5 Å². The summed E-state index contributed by atoms with van der Waals surface area (Å²) in [6.45, 7) is 3.73. The minimum absolute atomic E-state index is 0.0454. The molecule has 1 heterocycles. The lowest BCUT2D eigenvalue weighted by molar-refractivity contribution is -0.132. The van der Waals surface area contributed by atoms with E-state index >= 15 is 0 Å². The van der Waals surface area contributed by atoms with Gasteiger partial charge in [-0.1, -0.05) is 39.2 Å². The van der Waals surface area contributed by atoms with Crippen LogP contribution in [0.1, 0.15) is 58.1 Å². The van der Waals surface area contributed by atoms with Crippen LogP contribution in [0.15, 0.2) is 24.4 Å². The predicted octanol–water partition coefficient (Wildman–Crippen LogP) is 0.801.